The van der Waals surface area contributed by atoms with Crippen molar-refractivity contribution in [3.63, 3.8) is 0 Å². The quantitative estimate of drug-likeness (QED) is 0.603. The first-order chi connectivity index (χ1) is 6.91. The largest absolute Gasteiger partial charge is 0.459 e. The number of benzene rings is 1. The third kappa shape index (κ3) is 2.68. The van der Waals surface area contributed by atoms with Crippen LogP contribution in [0, 0.1) is 12.7 Å². The molecule has 0 aromatic heterocycles. The van der Waals surface area contributed by atoms with Gasteiger partial charge < -0.3 is 10.5 Å². The molecule has 0 amide bonds. The molecule has 0 saturated heterocycles. The fraction of sp³-hybridized carbons (Fsp3) is 0.364. The highest BCUT2D eigenvalue weighted by Gasteiger charge is 2.13. The number of nitrogens with two attached hydrogens (primary N) is 1. The molecule has 2 N–H and O–H groups in total. The molecule has 4 heteroatoms. The van der Waals surface area contributed by atoms with Gasteiger partial charge in [0.05, 0.1) is 11.7 Å². The van der Waals surface area contributed by atoms with Crippen molar-refractivity contribution < 1.29 is 13.9 Å². The summed E-state index contributed by atoms with van der Waals surface area (Å²) in [5.41, 5.74) is 6.28. The van der Waals surface area contributed by atoms with E-state index in [1.807, 2.05) is 0 Å². The predicted octanol–water partition coefficient (Wildman–Crippen LogP) is 2.28. The van der Waals surface area contributed by atoms with E-state index >= 15 is 0 Å². The molecule has 0 heterocycles. The Kier molecular flexibility index (Phi) is 3.29. The molecular formula is C11H14FNO2. The van der Waals surface area contributed by atoms with Crippen LogP contribution in [0.5, 0.6) is 0 Å². The highest BCUT2D eigenvalue weighted by molar-refractivity contribution is 5.90. The number of rotatable bonds is 2. The molecule has 0 aliphatic rings. The number of anilines is 1. The van der Waals surface area contributed by atoms with Gasteiger partial charge in [-0.2, -0.15) is 0 Å². The Hall–Kier alpha value is -1.58. The van der Waals surface area contributed by atoms with Crippen molar-refractivity contribution in [3.8, 4) is 0 Å². The zero-order valence-electron chi connectivity index (χ0n) is 9.00. The molecule has 0 unspecified atom stereocenters. The minimum Gasteiger partial charge on any atom is -0.459 e. The minimum absolute atomic E-state index is 0.143. The second-order valence-corrected chi connectivity index (χ2v) is 3.63. The smallest absolute Gasteiger partial charge is 0.338 e. The molecule has 15 heavy (non-hydrogen) atoms. The molecule has 3 nitrogen and oxygen atoms in total. The average Bonchev–Trinajstić information content (AvgIpc) is 2.12. The van der Waals surface area contributed by atoms with E-state index in [-0.39, 0.29) is 17.4 Å². The summed E-state index contributed by atoms with van der Waals surface area (Å²) in [6, 6.07) is 2.56. The molecule has 0 spiro atoms. The molecule has 1 aromatic rings. The lowest BCUT2D eigenvalue weighted by atomic mass is 10.1. The second kappa shape index (κ2) is 4.29. The van der Waals surface area contributed by atoms with Gasteiger partial charge >= 0.3 is 5.97 Å². The Morgan fingerprint density at radius 2 is 2.07 bits per heavy atom. The lowest BCUT2D eigenvalue weighted by molar-refractivity contribution is 0.0377. The van der Waals surface area contributed by atoms with Gasteiger partial charge in [0.1, 0.15) is 5.82 Å². The van der Waals surface area contributed by atoms with Gasteiger partial charge in [0.25, 0.3) is 0 Å². The van der Waals surface area contributed by atoms with Crippen molar-refractivity contribution in [2.24, 2.45) is 0 Å². The number of nitrogen functional groups attached to an aromatic ring is 1. The van der Waals surface area contributed by atoms with Crippen LogP contribution in [-0.4, -0.2) is 12.1 Å². The van der Waals surface area contributed by atoms with Crippen molar-refractivity contribution in [1.29, 1.82) is 0 Å². The average molecular weight is 211 g/mol. The number of carbonyl (C=O) groups excluding carboxylic acids is 1. The van der Waals surface area contributed by atoms with Crippen molar-refractivity contribution in [2.45, 2.75) is 26.9 Å². The number of carbonyl (C=O) groups is 1. The van der Waals surface area contributed by atoms with Crippen LogP contribution >= 0.6 is 0 Å². The third-order valence-electron chi connectivity index (χ3n) is 1.96. The maximum atomic E-state index is 13.3. The molecule has 0 atom stereocenters. The van der Waals surface area contributed by atoms with Crippen LogP contribution in [0.4, 0.5) is 10.1 Å². The molecule has 0 aliphatic heterocycles. The number of hydrogen-bond acceptors (Lipinski definition) is 3. The topological polar surface area (TPSA) is 52.3 Å². The van der Waals surface area contributed by atoms with E-state index in [4.69, 9.17) is 10.5 Å². The van der Waals surface area contributed by atoms with Crippen LogP contribution in [0.15, 0.2) is 12.1 Å². The van der Waals surface area contributed by atoms with E-state index in [2.05, 4.69) is 0 Å². The summed E-state index contributed by atoms with van der Waals surface area (Å²) >= 11 is 0. The number of esters is 1. The summed E-state index contributed by atoms with van der Waals surface area (Å²) < 4.78 is 18.2. The molecular weight excluding hydrogens is 197 g/mol. The fourth-order valence-corrected chi connectivity index (χ4v) is 1.10. The van der Waals surface area contributed by atoms with E-state index in [1.165, 1.54) is 6.07 Å². The first-order valence-corrected chi connectivity index (χ1v) is 4.68. The zero-order chi connectivity index (χ0) is 11.6. The maximum absolute atomic E-state index is 13.3. The van der Waals surface area contributed by atoms with E-state index in [1.54, 1.807) is 20.8 Å². The SMILES string of the molecule is Cc1c(N)cc(C(=O)OC(C)C)cc1F. The molecule has 0 bridgehead atoms. The highest BCUT2D eigenvalue weighted by atomic mass is 19.1. The molecule has 82 valence electrons. The Balaban J connectivity index is 3.01. The summed E-state index contributed by atoms with van der Waals surface area (Å²) in [5.74, 6) is -1.05. The van der Waals surface area contributed by atoms with E-state index in [9.17, 15) is 9.18 Å². The van der Waals surface area contributed by atoms with Crippen LogP contribution < -0.4 is 5.73 Å². The van der Waals surface area contributed by atoms with Gasteiger partial charge in [0, 0.05) is 11.3 Å². The third-order valence-corrected chi connectivity index (χ3v) is 1.96. The lowest BCUT2D eigenvalue weighted by Gasteiger charge is -2.09. The number of hydrogen-bond donors (Lipinski definition) is 1. The van der Waals surface area contributed by atoms with Gasteiger partial charge in [-0.3, -0.25) is 0 Å². The normalized spacial score (nSPS) is 10.5. The summed E-state index contributed by atoms with van der Waals surface area (Å²) in [6.07, 6.45) is -0.233. The molecule has 1 aromatic carbocycles. The van der Waals surface area contributed by atoms with Crippen molar-refractivity contribution in [1.82, 2.24) is 0 Å². The first-order valence-electron chi connectivity index (χ1n) is 4.68. The second-order valence-electron chi connectivity index (χ2n) is 3.63. The Labute approximate surface area is 88.0 Å². The molecule has 0 aliphatic carbocycles. The Bertz CT molecular complexity index is 365. The van der Waals surface area contributed by atoms with Crippen LogP contribution in [0.1, 0.15) is 29.8 Å². The van der Waals surface area contributed by atoms with Crippen LogP contribution in [0.2, 0.25) is 0 Å². The standard InChI is InChI=1S/C11H14FNO2/c1-6(2)15-11(14)8-4-9(12)7(3)10(13)5-8/h4-6H,13H2,1-3H3. The minimum atomic E-state index is -0.560. The molecule has 0 fully saturated rings. The monoisotopic (exact) mass is 211 g/mol. The van der Waals surface area contributed by atoms with Gasteiger partial charge in [-0.25, -0.2) is 9.18 Å². The Morgan fingerprint density at radius 1 is 1.47 bits per heavy atom. The summed E-state index contributed by atoms with van der Waals surface area (Å²) in [4.78, 5) is 11.4. The maximum Gasteiger partial charge on any atom is 0.338 e. The van der Waals surface area contributed by atoms with Crippen LogP contribution in [0.3, 0.4) is 0 Å². The number of ether oxygens (including phenoxy) is 1. The number of halogens is 1. The molecule has 0 saturated carbocycles. The summed E-state index contributed by atoms with van der Waals surface area (Å²) in [7, 11) is 0. The van der Waals surface area contributed by atoms with Gasteiger partial charge in [-0.15, -0.1) is 0 Å². The zero-order valence-corrected chi connectivity index (χ0v) is 9.00. The first kappa shape index (κ1) is 11.5. The summed E-state index contributed by atoms with van der Waals surface area (Å²) in [5, 5.41) is 0. The van der Waals surface area contributed by atoms with Crippen molar-refractivity contribution >= 4 is 11.7 Å². The van der Waals surface area contributed by atoms with Gasteiger partial charge in [-0.05, 0) is 32.9 Å². The van der Waals surface area contributed by atoms with Gasteiger partial charge in [0.2, 0.25) is 0 Å². The van der Waals surface area contributed by atoms with Gasteiger partial charge in [0.15, 0.2) is 0 Å². The van der Waals surface area contributed by atoms with Crippen molar-refractivity contribution in [2.75, 3.05) is 5.73 Å². The molecule has 0 radical (unpaired) electrons. The highest BCUT2D eigenvalue weighted by Crippen LogP contribution is 2.18. The van der Waals surface area contributed by atoms with Crippen LogP contribution in [-0.2, 0) is 4.74 Å². The van der Waals surface area contributed by atoms with E-state index in [0.717, 1.165) is 6.07 Å². The van der Waals surface area contributed by atoms with E-state index in [0.29, 0.717) is 5.56 Å². The van der Waals surface area contributed by atoms with E-state index < -0.39 is 11.8 Å². The van der Waals surface area contributed by atoms with Crippen LogP contribution in [0.25, 0.3) is 0 Å². The van der Waals surface area contributed by atoms with Crippen molar-refractivity contribution in [3.05, 3.63) is 29.1 Å². The predicted molar refractivity (Wildman–Crippen MR) is 56.1 cm³/mol. The fourth-order valence-electron chi connectivity index (χ4n) is 1.10. The summed E-state index contributed by atoms with van der Waals surface area (Å²) in [6.45, 7) is 5.01. The molecule has 1 rings (SSSR count). The Morgan fingerprint density at radius 3 is 2.53 bits per heavy atom. The lowest BCUT2D eigenvalue weighted by Crippen LogP contribution is -2.12. The van der Waals surface area contributed by atoms with Gasteiger partial charge in [-0.1, -0.05) is 0 Å².